The maximum Gasteiger partial charge on any atom is 0.227 e. The molecule has 0 atom stereocenters. The van der Waals surface area contributed by atoms with Gasteiger partial charge >= 0.3 is 0 Å². The van der Waals surface area contributed by atoms with E-state index in [9.17, 15) is 14.7 Å². The van der Waals surface area contributed by atoms with Crippen LogP contribution in [0.2, 0.25) is 0 Å². The summed E-state index contributed by atoms with van der Waals surface area (Å²) in [5.74, 6) is -0.0950. The number of nitrogens with zero attached hydrogens (tertiary/aromatic N) is 1. The molecule has 3 aromatic rings. The number of hydrogen-bond donors (Lipinski definition) is 2. The van der Waals surface area contributed by atoms with Crippen molar-refractivity contribution in [2.24, 2.45) is 0 Å². The van der Waals surface area contributed by atoms with Gasteiger partial charge in [0, 0.05) is 41.8 Å². The summed E-state index contributed by atoms with van der Waals surface area (Å²) in [5, 5.41) is 15.9. The lowest BCUT2D eigenvalue weighted by Gasteiger charge is -2.23. The van der Waals surface area contributed by atoms with E-state index in [4.69, 9.17) is 4.42 Å². The largest absolute Gasteiger partial charge is 0.502 e. The number of benzene rings is 1. The third kappa shape index (κ3) is 5.12. The van der Waals surface area contributed by atoms with Crippen molar-refractivity contribution in [3.05, 3.63) is 68.5 Å². The van der Waals surface area contributed by atoms with E-state index in [0.717, 1.165) is 16.3 Å². The highest BCUT2D eigenvalue weighted by Gasteiger charge is 2.31. The fourth-order valence-electron chi connectivity index (χ4n) is 3.08. The molecule has 2 heterocycles. The van der Waals surface area contributed by atoms with Crippen molar-refractivity contribution >= 4 is 17.2 Å². The first-order valence-corrected chi connectivity index (χ1v) is 10.2. The highest BCUT2D eigenvalue weighted by molar-refractivity contribution is 7.09. The van der Waals surface area contributed by atoms with Crippen LogP contribution in [0.5, 0.6) is 5.75 Å². The number of hydrogen-bond acceptors (Lipinski definition) is 6. The van der Waals surface area contributed by atoms with E-state index in [2.05, 4.69) is 10.3 Å². The summed E-state index contributed by atoms with van der Waals surface area (Å²) in [6, 6.07) is 11.2. The van der Waals surface area contributed by atoms with Gasteiger partial charge in [-0.15, -0.1) is 11.3 Å². The molecule has 3 rings (SSSR count). The summed E-state index contributed by atoms with van der Waals surface area (Å²) in [7, 11) is 0. The van der Waals surface area contributed by atoms with Crippen LogP contribution in [0.4, 0.5) is 0 Å². The Hall–Kier alpha value is -2.93. The van der Waals surface area contributed by atoms with Gasteiger partial charge in [-0.1, -0.05) is 44.2 Å². The molecule has 1 aromatic carbocycles. The van der Waals surface area contributed by atoms with Crippen LogP contribution in [0, 0.1) is 6.92 Å². The monoisotopic (exact) mass is 412 g/mol. The first kappa shape index (κ1) is 20.8. The summed E-state index contributed by atoms with van der Waals surface area (Å²) in [6.07, 6.45) is 0.717. The predicted molar refractivity (Wildman–Crippen MR) is 113 cm³/mol. The molecule has 6 nitrogen and oxygen atoms in total. The summed E-state index contributed by atoms with van der Waals surface area (Å²) < 4.78 is 5.53. The Morgan fingerprint density at radius 2 is 2.00 bits per heavy atom. The number of thiazole rings is 1. The third-order valence-corrected chi connectivity index (χ3v) is 5.45. The van der Waals surface area contributed by atoms with Gasteiger partial charge in [0.2, 0.25) is 17.1 Å². The van der Waals surface area contributed by atoms with Crippen LogP contribution in [0.1, 0.15) is 36.8 Å². The van der Waals surface area contributed by atoms with Gasteiger partial charge in [-0.3, -0.25) is 9.59 Å². The van der Waals surface area contributed by atoms with Crippen molar-refractivity contribution in [2.75, 3.05) is 6.54 Å². The Balaban J connectivity index is 1.56. The molecule has 2 N–H and O–H groups in total. The molecule has 0 unspecified atom stereocenters. The zero-order valence-corrected chi connectivity index (χ0v) is 17.5. The standard InChI is InChI=1S/C22H24N2O4S/c1-14-11-17(25)20(27)21(28-14)22(2,3)12-18(26)23-10-9-19-24-16(13-29-19)15-7-5-4-6-8-15/h4-8,11,13,27H,9-10,12H2,1-3H3,(H,23,26). The minimum Gasteiger partial charge on any atom is -0.502 e. The number of carbonyl (C=O) groups is 1. The van der Waals surface area contributed by atoms with Crippen LogP contribution < -0.4 is 10.7 Å². The number of aromatic hydroxyl groups is 1. The van der Waals surface area contributed by atoms with Crippen LogP contribution in [0.25, 0.3) is 11.3 Å². The topological polar surface area (TPSA) is 92.4 Å². The van der Waals surface area contributed by atoms with Gasteiger partial charge < -0.3 is 14.8 Å². The molecule has 0 fully saturated rings. The zero-order chi connectivity index (χ0) is 21.0. The molecule has 0 saturated heterocycles. The Morgan fingerprint density at radius 3 is 2.72 bits per heavy atom. The van der Waals surface area contributed by atoms with Gasteiger partial charge in [0.25, 0.3) is 0 Å². The molecule has 2 aromatic heterocycles. The second-order valence-electron chi connectivity index (χ2n) is 7.55. The van der Waals surface area contributed by atoms with Crippen LogP contribution in [-0.2, 0) is 16.6 Å². The number of nitrogens with one attached hydrogen (secondary N) is 1. The Labute approximate surface area is 173 Å². The normalized spacial score (nSPS) is 11.4. The molecule has 1 amide bonds. The molecular weight excluding hydrogens is 388 g/mol. The molecule has 0 aliphatic carbocycles. The highest BCUT2D eigenvalue weighted by Crippen LogP contribution is 2.32. The maximum atomic E-state index is 12.4. The zero-order valence-electron chi connectivity index (χ0n) is 16.7. The molecule has 0 aliphatic rings. The summed E-state index contributed by atoms with van der Waals surface area (Å²) >= 11 is 1.57. The van der Waals surface area contributed by atoms with Crippen LogP contribution in [0.15, 0.2) is 51.0 Å². The number of amides is 1. The maximum absolute atomic E-state index is 12.4. The summed E-state index contributed by atoms with van der Waals surface area (Å²) in [6.45, 7) is 5.62. The Morgan fingerprint density at radius 1 is 1.28 bits per heavy atom. The van der Waals surface area contributed by atoms with E-state index in [-0.39, 0.29) is 18.1 Å². The van der Waals surface area contributed by atoms with Crippen molar-refractivity contribution in [3.63, 3.8) is 0 Å². The molecule has 0 bridgehead atoms. The van der Waals surface area contributed by atoms with Gasteiger partial charge in [0.1, 0.15) is 5.76 Å². The lowest BCUT2D eigenvalue weighted by Crippen LogP contribution is -2.32. The van der Waals surface area contributed by atoms with Gasteiger partial charge in [-0.2, -0.15) is 0 Å². The average molecular weight is 413 g/mol. The second-order valence-corrected chi connectivity index (χ2v) is 8.49. The summed E-state index contributed by atoms with van der Waals surface area (Å²) in [5.41, 5.74) is 0.680. The lowest BCUT2D eigenvalue weighted by molar-refractivity contribution is -0.122. The number of aryl methyl sites for hydroxylation is 1. The molecule has 29 heavy (non-hydrogen) atoms. The quantitative estimate of drug-likeness (QED) is 0.616. The smallest absolute Gasteiger partial charge is 0.227 e. The van der Waals surface area contributed by atoms with Gasteiger partial charge in [0.05, 0.1) is 10.7 Å². The van der Waals surface area contributed by atoms with Crippen molar-refractivity contribution < 1.29 is 14.3 Å². The van der Waals surface area contributed by atoms with Crippen molar-refractivity contribution in [2.45, 2.75) is 39.0 Å². The summed E-state index contributed by atoms with van der Waals surface area (Å²) in [4.78, 5) is 28.8. The van der Waals surface area contributed by atoms with Crippen LogP contribution >= 0.6 is 11.3 Å². The van der Waals surface area contributed by atoms with Gasteiger partial charge in [-0.05, 0) is 6.92 Å². The van der Waals surface area contributed by atoms with Crippen molar-refractivity contribution in [1.29, 1.82) is 0 Å². The number of aromatic nitrogens is 1. The molecule has 0 aliphatic heterocycles. The third-order valence-electron chi connectivity index (χ3n) is 4.55. The highest BCUT2D eigenvalue weighted by atomic mass is 32.1. The predicted octanol–water partition coefficient (Wildman–Crippen LogP) is 3.80. The lowest BCUT2D eigenvalue weighted by atomic mass is 9.85. The van der Waals surface area contributed by atoms with E-state index in [1.54, 1.807) is 32.1 Å². The van der Waals surface area contributed by atoms with E-state index < -0.39 is 16.6 Å². The number of carbonyl (C=O) groups excluding carboxylic acids is 1. The minimum atomic E-state index is -0.818. The van der Waals surface area contributed by atoms with E-state index in [0.29, 0.717) is 18.7 Å². The van der Waals surface area contributed by atoms with Crippen LogP contribution in [-0.4, -0.2) is 22.5 Å². The van der Waals surface area contributed by atoms with Crippen LogP contribution in [0.3, 0.4) is 0 Å². The van der Waals surface area contributed by atoms with Gasteiger partial charge in [0.15, 0.2) is 5.76 Å². The molecular formula is C22H24N2O4S. The SMILES string of the molecule is Cc1cc(=O)c(O)c(C(C)(C)CC(=O)NCCc2nc(-c3ccccc3)cs2)o1. The Kier molecular flexibility index (Phi) is 6.17. The number of rotatable bonds is 7. The molecule has 152 valence electrons. The average Bonchev–Trinajstić information content (AvgIpc) is 3.14. The molecule has 0 radical (unpaired) electrons. The van der Waals surface area contributed by atoms with Crippen molar-refractivity contribution in [3.8, 4) is 17.0 Å². The minimum absolute atomic E-state index is 0.0834. The fraction of sp³-hybridized carbons (Fsp3) is 0.318. The first-order chi connectivity index (χ1) is 13.8. The Bertz CT molecular complexity index is 1050. The molecule has 7 heteroatoms. The second kappa shape index (κ2) is 8.61. The first-order valence-electron chi connectivity index (χ1n) is 9.37. The molecule has 0 spiro atoms. The molecule has 0 saturated carbocycles. The van der Waals surface area contributed by atoms with E-state index in [1.165, 1.54) is 6.07 Å². The van der Waals surface area contributed by atoms with Gasteiger partial charge in [-0.25, -0.2) is 4.98 Å². The fourth-order valence-corrected chi connectivity index (χ4v) is 3.89. The van der Waals surface area contributed by atoms with E-state index >= 15 is 0 Å². The van der Waals surface area contributed by atoms with E-state index in [1.807, 2.05) is 35.7 Å². The van der Waals surface area contributed by atoms with Crippen molar-refractivity contribution in [1.82, 2.24) is 10.3 Å².